The van der Waals surface area contributed by atoms with Crippen molar-refractivity contribution in [3.8, 4) is 5.75 Å². The number of hydrogen-bond acceptors (Lipinski definition) is 7. The predicted octanol–water partition coefficient (Wildman–Crippen LogP) is 2.22. The summed E-state index contributed by atoms with van der Waals surface area (Å²) in [5, 5.41) is 5.13. The molecule has 0 aliphatic rings. The summed E-state index contributed by atoms with van der Waals surface area (Å²) in [5.74, 6) is -1.66. The highest BCUT2D eigenvalue weighted by atomic mass is 32.2. The van der Waals surface area contributed by atoms with Crippen LogP contribution in [-0.2, 0) is 21.6 Å². The third kappa shape index (κ3) is 4.19. The quantitative estimate of drug-likeness (QED) is 0.531. The van der Waals surface area contributed by atoms with Crippen LogP contribution >= 0.6 is 0 Å². The number of carbonyl (C=O) groups is 1. The van der Waals surface area contributed by atoms with Crippen LogP contribution in [0.15, 0.2) is 45.6 Å². The summed E-state index contributed by atoms with van der Waals surface area (Å²) in [4.78, 5) is 23.0. The Morgan fingerprint density at radius 3 is 2.45 bits per heavy atom. The Balaban J connectivity index is 2.38. The molecule has 2 aromatic carbocycles. The van der Waals surface area contributed by atoms with Crippen molar-refractivity contribution in [1.82, 2.24) is 4.90 Å². The van der Waals surface area contributed by atoms with Gasteiger partial charge in [-0.15, -0.1) is 0 Å². The number of halogens is 2. The number of ether oxygens (including phenoxy) is 1. The molecule has 9 nitrogen and oxygen atoms in total. The third-order valence-corrected chi connectivity index (χ3v) is 6.37. The Labute approximate surface area is 187 Å². The van der Waals surface area contributed by atoms with Crippen molar-refractivity contribution in [3.05, 3.63) is 74.9 Å². The summed E-state index contributed by atoms with van der Waals surface area (Å²) >= 11 is 0. The van der Waals surface area contributed by atoms with Crippen molar-refractivity contribution in [2.75, 3.05) is 14.1 Å². The lowest BCUT2D eigenvalue weighted by Gasteiger charge is -2.29. The number of sulfonamides is 1. The van der Waals surface area contributed by atoms with E-state index in [4.69, 9.17) is 20.0 Å². The van der Waals surface area contributed by atoms with Crippen molar-refractivity contribution in [2.24, 2.45) is 10.9 Å². The fourth-order valence-electron chi connectivity index (χ4n) is 3.37. The molecule has 4 N–H and O–H groups in total. The zero-order valence-electron chi connectivity index (χ0n) is 17.9. The second-order valence-electron chi connectivity index (χ2n) is 7.57. The summed E-state index contributed by atoms with van der Waals surface area (Å²) in [6, 6.07) is 7.47. The summed E-state index contributed by atoms with van der Waals surface area (Å²) < 4.78 is 64.3. The molecule has 0 saturated carbocycles. The van der Waals surface area contributed by atoms with Crippen molar-refractivity contribution < 1.29 is 31.1 Å². The molecule has 3 aromatic rings. The molecule has 0 bridgehead atoms. The van der Waals surface area contributed by atoms with Crippen molar-refractivity contribution in [2.45, 2.75) is 18.5 Å². The van der Waals surface area contributed by atoms with Crippen molar-refractivity contribution >= 4 is 27.1 Å². The zero-order valence-corrected chi connectivity index (χ0v) is 18.7. The molecule has 1 amide bonds. The van der Waals surface area contributed by atoms with E-state index in [9.17, 15) is 26.8 Å². The van der Waals surface area contributed by atoms with Gasteiger partial charge in [0.2, 0.25) is 10.0 Å². The van der Waals surface area contributed by atoms with Gasteiger partial charge in [-0.2, -0.15) is 0 Å². The predicted molar refractivity (Wildman–Crippen MR) is 116 cm³/mol. The monoisotopic (exact) mass is 481 g/mol. The molecule has 0 spiro atoms. The van der Waals surface area contributed by atoms with Crippen molar-refractivity contribution in [1.29, 1.82) is 0 Å². The van der Waals surface area contributed by atoms with Crippen LogP contribution in [0.25, 0.3) is 11.0 Å². The molecule has 176 valence electrons. The lowest BCUT2D eigenvalue weighted by atomic mass is 9.93. The van der Waals surface area contributed by atoms with Crippen LogP contribution in [0.2, 0.25) is 0 Å². The van der Waals surface area contributed by atoms with Gasteiger partial charge in [-0.25, -0.2) is 31.9 Å². The van der Waals surface area contributed by atoms with Crippen LogP contribution in [0.1, 0.15) is 22.3 Å². The number of hydrogen-bond donors (Lipinski definition) is 2. The van der Waals surface area contributed by atoms with Crippen LogP contribution in [0, 0.1) is 12.7 Å². The van der Waals surface area contributed by atoms with Gasteiger partial charge in [0.25, 0.3) is 0 Å². The Hall–Kier alpha value is -3.35. The van der Waals surface area contributed by atoms with E-state index in [2.05, 4.69) is 0 Å². The van der Waals surface area contributed by atoms with E-state index < -0.39 is 56.0 Å². The Kier molecular flexibility index (Phi) is 6.29. The van der Waals surface area contributed by atoms with E-state index >= 15 is 0 Å². The van der Waals surface area contributed by atoms with E-state index in [1.807, 2.05) is 0 Å². The molecule has 0 aliphatic carbocycles. The zero-order chi connectivity index (χ0) is 24.7. The first-order valence-electron chi connectivity index (χ1n) is 9.44. The average Bonchev–Trinajstić information content (AvgIpc) is 2.72. The van der Waals surface area contributed by atoms with Gasteiger partial charge in [0.05, 0.1) is 5.56 Å². The normalized spacial score (nSPS) is 13.5. The fraction of sp³-hybridized carbons (Fsp3) is 0.238. The molecule has 3 rings (SSSR count). The third-order valence-electron chi connectivity index (χ3n) is 5.03. The first-order valence-corrected chi connectivity index (χ1v) is 11.0. The molecule has 1 unspecified atom stereocenters. The van der Waals surface area contributed by atoms with E-state index in [1.165, 1.54) is 32.3 Å². The summed E-state index contributed by atoms with van der Waals surface area (Å²) in [5.41, 5.74) is 3.74. The molecular formula is C21H21F2N3O6S. The summed E-state index contributed by atoms with van der Waals surface area (Å²) in [7, 11) is -2.03. The molecule has 0 aliphatic heterocycles. The van der Waals surface area contributed by atoms with Gasteiger partial charge in [0.15, 0.2) is 16.4 Å². The molecular weight excluding hydrogens is 460 g/mol. The standard InChI is InChI=1S/C21H21F2N3O6S/c1-11-5-4-6-12(7-11)21(24,33(25,29)30)18-14(10-22)13-8-15(23)17(32-20(28)26(2)3)9-16(13)31-19(18)27/h4-9H,10,24H2,1-3H3,(H2,25,29,30). The number of carbonyl (C=O) groups excluding carboxylic acids is 1. The fourth-order valence-corrected chi connectivity index (χ4v) is 4.32. The Bertz CT molecular complexity index is 1420. The molecule has 1 heterocycles. The first kappa shape index (κ1) is 24.3. The minimum absolute atomic E-state index is 0.108. The number of nitrogens with two attached hydrogens (primary N) is 2. The van der Waals surface area contributed by atoms with Gasteiger partial charge in [-0.05, 0) is 18.6 Å². The SMILES string of the molecule is Cc1cccc(C(N)(c2c(CF)c3cc(F)c(OC(=O)N(C)C)cc3oc2=O)S(N)(=O)=O)c1. The molecule has 0 fully saturated rings. The number of amides is 1. The number of fused-ring (bicyclic) bond motifs is 1. The largest absolute Gasteiger partial charge is 0.422 e. The Morgan fingerprint density at radius 1 is 1.24 bits per heavy atom. The van der Waals surface area contributed by atoms with Crippen LogP contribution in [0.3, 0.4) is 0 Å². The van der Waals surface area contributed by atoms with E-state index in [0.29, 0.717) is 5.56 Å². The molecule has 12 heteroatoms. The average molecular weight is 481 g/mol. The molecule has 1 aromatic heterocycles. The number of rotatable bonds is 5. The van der Waals surface area contributed by atoms with Crippen LogP contribution in [0.5, 0.6) is 5.75 Å². The Morgan fingerprint density at radius 2 is 1.91 bits per heavy atom. The van der Waals surface area contributed by atoms with Gasteiger partial charge in [0, 0.05) is 31.1 Å². The minimum Gasteiger partial charge on any atom is -0.422 e. The molecule has 1 atom stereocenters. The van der Waals surface area contributed by atoms with E-state index in [1.54, 1.807) is 13.0 Å². The van der Waals surface area contributed by atoms with Gasteiger partial charge in [0.1, 0.15) is 12.3 Å². The maximum absolute atomic E-state index is 14.7. The maximum Gasteiger partial charge on any atom is 0.414 e. The van der Waals surface area contributed by atoms with Gasteiger partial charge < -0.3 is 19.8 Å². The molecule has 0 saturated heterocycles. The number of primary sulfonamides is 1. The van der Waals surface area contributed by atoms with Crippen molar-refractivity contribution in [3.63, 3.8) is 0 Å². The first-order chi connectivity index (χ1) is 15.3. The topological polar surface area (TPSA) is 146 Å². The minimum atomic E-state index is -4.77. The highest BCUT2D eigenvalue weighted by Gasteiger charge is 2.46. The van der Waals surface area contributed by atoms with Crippen LogP contribution in [0.4, 0.5) is 13.6 Å². The second-order valence-corrected chi connectivity index (χ2v) is 9.30. The van der Waals surface area contributed by atoms with Crippen LogP contribution < -0.4 is 21.2 Å². The van der Waals surface area contributed by atoms with Gasteiger partial charge >= 0.3 is 11.7 Å². The highest BCUT2D eigenvalue weighted by Crippen LogP contribution is 2.36. The summed E-state index contributed by atoms with van der Waals surface area (Å²) in [6.07, 6.45) is -0.910. The van der Waals surface area contributed by atoms with Gasteiger partial charge in [-0.3, -0.25) is 0 Å². The van der Waals surface area contributed by atoms with Crippen LogP contribution in [-0.4, -0.2) is 33.5 Å². The van der Waals surface area contributed by atoms with Gasteiger partial charge in [-0.1, -0.05) is 29.8 Å². The lowest BCUT2D eigenvalue weighted by Crippen LogP contribution is -2.52. The number of aryl methyl sites for hydroxylation is 1. The number of benzene rings is 2. The van der Waals surface area contributed by atoms with E-state index in [0.717, 1.165) is 17.0 Å². The maximum atomic E-state index is 14.7. The number of alkyl halides is 1. The number of nitrogens with zero attached hydrogens (tertiary/aromatic N) is 1. The highest BCUT2D eigenvalue weighted by molar-refractivity contribution is 7.90. The lowest BCUT2D eigenvalue weighted by molar-refractivity contribution is 0.170. The molecule has 33 heavy (non-hydrogen) atoms. The summed E-state index contributed by atoms with van der Waals surface area (Å²) in [6.45, 7) is 0.256. The molecule has 0 radical (unpaired) electrons. The second kappa shape index (κ2) is 8.54. The smallest absolute Gasteiger partial charge is 0.414 e. The van der Waals surface area contributed by atoms with E-state index in [-0.39, 0.29) is 16.5 Å².